The molecule has 2 unspecified atom stereocenters. The number of ether oxygens (including phenoxy) is 2. The maximum atomic E-state index is 13.7. The number of nitrogens with zero attached hydrogens (tertiary/aromatic N) is 3. The minimum atomic E-state index is -0.602. The molecule has 188 valence electrons. The number of likely N-dealkylation sites (tertiary alicyclic amines) is 1. The van der Waals surface area contributed by atoms with Crippen LogP contribution >= 0.6 is 0 Å². The van der Waals surface area contributed by atoms with E-state index in [-0.39, 0.29) is 11.8 Å². The van der Waals surface area contributed by atoms with Crippen molar-refractivity contribution >= 4 is 11.8 Å². The Bertz CT molecular complexity index is 1020. The summed E-state index contributed by atoms with van der Waals surface area (Å²) in [6, 6.07) is 6.70. The molecule has 1 N–H and O–H groups in total. The number of hydrogen-bond acceptors (Lipinski definition) is 6. The van der Waals surface area contributed by atoms with E-state index in [1.165, 1.54) is 32.8 Å². The van der Waals surface area contributed by atoms with E-state index in [0.717, 1.165) is 31.6 Å². The summed E-state index contributed by atoms with van der Waals surface area (Å²) in [5.41, 5.74) is 1.91. The highest BCUT2D eigenvalue weighted by Gasteiger charge is 2.43. The van der Waals surface area contributed by atoms with Gasteiger partial charge in [0.1, 0.15) is 0 Å². The first-order valence-corrected chi connectivity index (χ1v) is 12.5. The number of pyridine rings is 1. The molecule has 0 bridgehead atoms. The lowest BCUT2D eigenvalue weighted by Crippen LogP contribution is -2.46. The Morgan fingerprint density at radius 2 is 1.83 bits per heavy atom. The average Bonchev–Trinajstić information content (AvgIpc) is 3.17. The number of benzene rings is 1. The van der Waals surface area contributed by atoms with Gasteiger partial charge in [0.05, 0.1) is 26.2 Å². The quantitative estimate of drug-likeness (QED) is 0.583. The fourth-order valence-electron chi connectivity index (χ4n) is 5.28. The third kappa shape index (κ3) is 5.42. The van der Waals surface area contributed by atoms with E-state index in [2.05, 4.69) is 15.2 Å². The number of methoxy groups -OCH3 is 2. The molecule has 0 radical (unpaired) electrons. The molecule has 8 heteroatoms. The van der Waals surface area contributed by atoms with E-state index in [4.69, 9.17) is 9.47 Å². The Kier molecular flexibility index (Phi) is 8.23. The average molecular weight is 481 g/mol. The van der Waals surface area contributed by atoms with Crippen molar-refractivity contribution < 1.29 is 19.1 Å². The van der Waals surface area contributed by atoms with E-state index in [0.29, 0.717) is 29.2 Å². The summed E-state index contributed by atoms with van der Waals surface area (Å²) in [7, 11) is 4.82. The smallest absolute Gasteiger partial charge is 0.254 e. The van der Waals surface area contributed by atoms with Crippen LogP contribution in [0.3, 0.4) is 0 Å². The lowest BCUT2D eigenvalue weighted by molar-refractivity contribution is -0.124. The Balaban J connectivity index is 1.60. The molecule has 1 fully saturated rings. The molecule has 4 rings (SSSR count). The summed E-state index contributed by atoms with van der Waals surface area (Å²) in [6.45, 7) is 3.85. The largest absolute Gasteiger partial charge is 0.493 e. The third-order valence-electron chi connectivity index (χ3n) is 7.13. The maximum Gasteiger partial charge on any atom is 0.254 e. The van der Waals surface area contributed by atoms with Crippen LogP contribution in [0.4, 0.5) is 0 Å². The molecular weight excluding hydrogens is 444 g/mol. The van der Waals surface area contributed by atoms with Crippen molar-refractivity contribution in [3.63, 3.8) is 0 Å². The number of amides is 2. The topological polar surface area (TPSA) is 84.0 Å². The van der Waals surface area contributed by atoms with Crippen LogP contribution in [0.25, 0.3) is 0 Å². The molecule has 2 amide bonds. The zero-order chi connectivity index (χ0) is 24.8. The fraction of sp³-hybridized carbons (Fsp3) is 0.519. The number of hydrogen-bond donors (Lipinski definition) is 1. The van der Waals surface area contributed by atoms with Crippen molar-refractivity contribution in [3.05, 3.63) is 53.3 Å². The van der Waals surface area contributed by atoms with Crippen LogP contribution in [0.5, 0.6) is 11.5 Å². The number of likely N-dealkylation sites (N-methyl/N-ethyl adjacent to an activating group) is 1. The minimum absolute atomic E-state index is 0.109. The van der Waals surface area contributed by atoms with Crippen LogP contribution in [0.1, 0.15) is 65.5 Å². The summed E-state index contributed by atoms with van der Waals surface area (Å²) >= 11 is 0. The van der Waals surface area contributed by atoms with Gasteiger partial charge in [-0.25, -0.2) is 0 Å². The monoisotopic (exact) mass is 480 g/mol. The predicted molar refractivity (Wildman–Crippen MR) is 134 cm³/mol. The Morgan fingerprint density at radius 3 is 2.49 bits per heavy atom. The molecule has 2 aromatic rings. The second-order valence-electron chi connectivity index (χ2n) is 9.32. The number of nitrogens with one attached hydrogen (secondary N) is 1. The number of carbonyl (C=O) groups excluding carboxylic acids is 2. The molecule has 0 spiro atoms. The van der Waals surface area contributed by atoms with Crippen molar-refractivity contribution in [1.29, 1.82) is 0 Å². The summed E-state index contributed by atoms with van der Waals surface area (Å²) in [5.74, 6) is 0.0781. The van der Waals surface area contributed by atoms with Crippen molar-refractivity contribution in [3.8, 4) is 11.5 Å². The molecule has 3 heterocycles. The van der Waals surface area contributed by atoms with Gasteiger partial charge >= 0.3 is 0 Å². The SMILES string of the molecule is COc1cc2c(cc1OC)C(C(=O)NCCCN1CCCCCC1)C(c1cccnc1)N(C)C2=O. The van der Waals surface area contributed by atoms with E-state index in [9.17, 15) is 9.59 Å². The van der Waals surface area contributed by atoms with Crippen molar-refractivity contribution in [2.24, 2.45) is 0 Å². The van der Waals surface area contributed by atoms with E-state index < -0.39 is 12.0 Å². The molecule has 1 saturated heterocycles. The molecule has 2 atom stereocenters. The van der Waals surface area contributed by atoms with Crippen LogP contribution < -0.4 is 14.8 Å². The Morgan fingerprint density at radius 1 is 1.11 bits per heavy atom. The molecule has 8 nitrogen and oxygen atoms in total. The number of carbonyl (C=O) groups is 2. The van der Waals surface area contributed by atoms with Gasteiger partial charge in [-0.1, -0.05) is 18.9 Å². The summed E-state index contributed by atoms with van der Waals surface area (Å²) in [5, 5.41) is 3.15. The van der Waals surface area contributed by atoms with Gasteiger partial charge in [-0.15, -0.1) is 0 Å². The molecule has 0 aliphatic carbocycles. The lowest BCUT2D eigenvalue weighted by Gasteiger charge is -2.40. The molecule has 1 aromatic carbocycles. The fourth-order valence-corrected chi connectivity index (χ4v) is 5.28. The van der Waals surface area contributed by atoms with Gasteiger partial charge in [-0.05, 0) is 68.2 Å². The normalized spacial score (nSPS) is 20.7. The van der Waals surface area contributed by atoms with Gasteiger partial charge in [-0.3, -0.25) is 14.6 Å². The molecule has 2 aliphatic heterocycles. The van der Waals surface area contributed by atoms with Crippen LogP contribution in [-0.4, -0.2) is 74.0 Å². The van der Waals surface area contributed by atoms with Gasteiger partial charge in [0.15, 0.2) is 11.5 Å². The minimum Gasteiger partial charge on any atom is -0.493 e. The molecule has 0 saturated carbocycles. The van der Waals surface area contributed by atoms with Crippen LogP contribution in [-0.2, 0) is 4.79 Å². The van der Waals surface area contributed by atoms with Crippen molar-refractivity contribution in [1.82, 2.24) is 20.1 Å². The van der Waals surface area contributed by atoms with Crippen molar-refractivity contribution in [2.75, 3.05) is 47.4 Å². The van der Waals surface area contributed by atoms with Crippen molar-refractivity contribution in [2.45, 2.75) is 44.1 Å². The summed E-state index contributed by atoms with van der Waals surface area (Å²) in [4.78, 5) is 35.4. The van der Waals surface area contributed by atoms with Crippen LogP contribution in [0.15, 0.2) is 36.7 Å². The molecule has 1 aromatic heterocycles. The first-order valence-electron chi connectivity index (χ1n) is 12.5. The second-order valence-corrected chi connectivity index (χ2v) is 9.32. The first-order chi connectivity index (χ1) is 17.0. The predicted octanol–water partition coefficient (Wildman–Crippen LogP) is 3.39. The molecular formula is C27H36N4O4. The Labute approximate surface area is 207 Å². The summed E-state index contributed by atoms with van der Waals surface area (Å²) < 4.78 is 10.9. The van der Waals surface area contributed by atoms with E-state index in [1.807, 2.05) is 12.1 Å². The van der Waals surface area contributed by atoms with Crippen LogP contribution in [0.2, 0.25) is 0 Å². The second kappa shape index (κ2) is 11.5. The highest BCUT2D eigenvalue weighted by molar-refractivity contribution is 6.02. The lowest BCUT2D eigenvalue weighted by atomic mass is 9.79. The van der Waals surface area contributed by atoms with Gasteiger partial charge in [-0.2, -0.15) is 0 Å². The van der Waals surface area contributed by atoms with E-state index in [1.54, 1.807) is 43.6 Å². The highest BCUT2D eigenvalue weighted by atomic mass is 16.5. The maximum absolute atomic E-state index is 13.7. The molecule has 35 heavy (non-hydrogen) atoms. The highest BCUT2D eigenvalue weighted by Crippen LogP contribution is 2.45. The Hall–Kier alpha value is -3.13. The third-order valence-corrected chi connectivity index (χ3v) is 7.13. The summed E-state index contributed by atoms with van der Waals surface area (Å²) in [6.07, 6.45) is 9.43. The van der Waals surface area contributed by atoms with Gasteiger partial charge in [0, 0.05) is 31.5 Å². The number of aromatic nitrogens is 1. The standard InChI is InChI=1S/C27H36N4O4/c1-30-25(19-10-8-11-28-18-19)24(20-16-22(34-2)23(35-3)17-21(20)27(30)33)26(32)29-12-9-15-31-13-6-4-5-7-14-31/h8,10-11,16-18,24-25H,4-7,9,12-15H2,1-3H3,(H,29,32). The number of fused-ring (bicyclic) bond motifs is 1. The number of rotatable bonds is 8. The van der Waals surface area contributed by atoms with Gasteiger partial charge in [0.2, 0.25) is 5.91 Å². The molecule has 2 aliphatic rings. The van der Waals surface area contributed by atoms with Gasteiger partial charge in [0.25, 0.3) is 5.91 Å². The zero-order valence-electron chi connectivity index (χ0n) is 21.0. The zero-order valence-corrected chi connectivity index (χ0v) is 21.0. The van der Waals surface area contributed by atoms with Gasteiger partial charge < -0.3 is 24.6 Å². The van der Waals surface area contributed by atoms with E-state index >= 15 is 0 Å². The van der Waals surface area contributed by atoms with Crippen LogP contribution in [0, 0.1) is 0 Å². The first kappa shape index (κ1) is 25.0.